The van der Waals surface area contributed by atoms with E-state index in [4.69, 9.17) is 10.6 Å². The SMILES string of the molecule is COc1ccc(CC(NN)c2cc(F)ccc2Br)cc1F. The average molecular weight is 357 g/mol. The standard InChI is InChI=1S/C15H15BrF2N2O/c1-21-15-5-2-9(6-13(15)18)7-14(20-19)11-8-10(17)3-4-12(11)16/h2-6,8,14,20H,7,19H2,1H3. The Morgan fingerprint density at radius 1 is 1.24 bits per heavy atom. The normalized spacial score (nSPS) is 12.2. The maximum atomic E-state index is 13.7. The fraction of sp³-hybridized carbons (Fsp3) is 0.200. The minimum atomic E-state index is -0.441. The van der Waals surface area contributed by atoms with Gasteiger partial charge in [0.15, 0.2) is 11.6 Å². The third-order valence-electron chi connectivity index (χ3n) is 3.19. The van der Waals surface area contributed by atoms with E-state index in [0.29, 0.717) is 12.0 Å². The minimum absolute atomic E-state index is 0.183. The molecule has 2 aromatic carbocycles. The summed E-state index contributed by atoms with van der Waals surface area (Å²) in [5, 5.41) is 0. The number of nitrogens with one attached hydrogen (secondary N) is 1. The number of ether oxygens (including phenoxy) is 1. The van der Waals surface area contributed by atoms with Gasteiger partial charge in [0.2, 0.25) is 0 Å². The number of nitrogens with two attached hydrogens (primary N) is 1. The van der Waals surface area contributed by atoms with Crippen LogP contribution in [0.25, 0.3) is 0 Å². The topological polar surface area (TPSA) is 47.3 Å². The molecule has 0 bridgehead atoms. The first-order valence-electron chi connectivity index (χ1n) is 6.28. The van der Waals surface area contributed by atoms with E-state index >= 15 is 0 Å². The summed E-state index contributed by atoms with van der Waals surface area (Å²) in [6.07, 6.45) is 0.416. The molecule has 3 N–H and O–H groups in total. The largest absolute Gasteiger partial charge is 0.494 e. The molecule has 0 amide bonds. The van der Waals surface area contributed by atoms with Crippen LogP contribution in [0.2, 0.25) is 0 Å². The van der Waals surface area contributed by atoms with Gasteiger partial charge < -0.3 is 4.74 Å². The molecule has 6 heteroatoms. The van der Waals surface area contributed by atoms with E-state index in [-0.39, 0.29) is 17.6 Å². The fourth-order valence-corrected chi connectivity index (χ4v) is 2.64. The first-order chi connectivity index (χ1) is 10.0. The van der Waals surface area contributed by atoms with Crippen molar-refractivity contribution in [2.24, 2.45) is 5.84 Å². The predicted octanol–water partition coefficient (Wildman–Crippen LogP) is 3.48. The summed E-state index contributed by atoms with van der Waals surface area (Å²) in [5.74, 6) is 4.94. The smallest absolute Gasteiger partial charge is 0.165 e. The Bertz CT molecular complexity index is 637. The Kier molecular flexibility index (Phi) is 5.27. The van der Waals surface area contributed by atoms with E-state index in [1.54, 1.807) is 18.2 Å². The number of benzene rings is 2. The Hall–Kier alpha value is -1.50. The highest BCUT2D eigenvalue weighted by Crippen LogP contribution is 2.28. The Morgan fingerprint density at radius 2 is 2.00 bits per heavy atom. The second kappa shape index (κ2) is 6.98. The van der Waals surface area contributed by atoms with E-state index < -0.39 is 5.82 Å². The molecule has 2 rings (SSSR count). The molecule has 1 atom stereocenters. The molecule has 21 heavy (non-hydrogen) atoms. The monoisotopic (exact) mass is 356 g/mol. The van der Waals surface area contributed by atoms with Gasteiger partial charge in [-0.1, -0.05) is 22.0 Å². The van der Waals surface area contributed by atoms with Gasteiger partial charge in [-0.15, -0.1) is 0 Å². The lowest BCUT2D eigenvalue weighted by molar-refractivity contribution is 0.386. The van der Waals surface area contributed by atoms with Crippen LogP contribution in [0.1, 0.15) is 17.2 Å². The molecular weight excluding hydrogens is 342 g/mol. The number of halogens is 3. The molecule has 1 unspecified atom stereocenters. The minimum Gasteiger partial charge on any atom is -0.494 e. The second-order valence-corrected chi connectivity index (χ2v) is 5.41. The molecular formula is C15H15BrF2N2O. The van der Waals surface area contributed by atoms with Gasteiger partial charge >= 0.3 is 0 Å². The van der Waals surface area contributed by atoms with Gasteiger partial charge in [0.25, 0.3) is 0 Å². The number of hydrogen-bond acceptors (Lipinski definition) is 3. The summed E-state index contributed by atoms with van der Waals surface area (Å²) in [4.78, 5) is 0. The van der Waals surface area contributed by atoms with Crippen LogP contribution in [0.4, 0.5) is 8.78 Å². The zero-order valence-electron chi connectivity index (χ0n) is 11.4. The number of methoxy groups -OCH3 is 1. The molecule has 0 aromatic heterocycles. The van der Waals surface area contributed by atoms with Crippen molar-refractivity contribution in [3.05, 3.63) is 63.6 Å². The molecule has 0 aliphatic rings. The highest BCUT2D eigenvalue weighted by atomic mass is 79.9. The first kappa shape index (κ1) is 15.9. The molecule has 0 spiro atoms. The van der Waals surface area contributed by atoms with Crippen LogP contribution in [0, 0.1) is 11.6 Å². The first-order valence-corrected chi connectivity index (χ1v) is 7.08. The number of rotatable bonds is 5. The lowest BCUT2D eigenvalue weighted by atomic mass is 9.99. The van der Waals surface area contributed by atoms with Crippen LogP contribution in [0.15, 0.2) is 40.9 Å². The third-order valence-corrected chi connectivity index (χ3v) is 3.91. The molecule has 0 saturated carbocycles. The van der Waals surface area contributed by atoms with Crippen molar-refractivity contribution in [2.45, 2.75) is 12.5 Å². The molecule has 3 nitrogen and oxygen atoms in total. The van der Waals surface area contributed by atoms with Crippen LogP contribution < -0.4 is 16.0 Å². The Labute approximate surface area is 130 Å². The number of hydrogen-bond donors (Lipinski definition) is 2. The van der Waals surface area contributed by atoms with Crippen LogP contribution in [0.3, 0.4) is 0 Å². The Balaban J connectivity index is 2.26. The number of hydrazine groups is 1. The zero-order valence-corrected chi connectivity index (χ0v) is 13.0. The lowest BCUT2D eigenvalue weighted by Gasteiger charge is -2.18. The predicted molar refractivity (Wildman–Crippen MR) is 80.8 cm³/mol. The summed E-state index contributed by atoms with van der Waals surface area (Å²) in [7, 11) is 1.41. The summed E-state index contributed by atoms with van der Waals surface area (Å²) in [6, 6.07) is 8.71. The second-order valence-electron chi connectivity index (χ2n) is 4.56. The van der Waals surface area contributed by atoms with Gasteiger partial charge in [0, 0.05) is 4.47 Å². The highest BCUT2D eigenvalue weighted by molar-refractivity contribution is 9.10. The van der Waals surface area contributed by atoms with E-state index in [0.717, 1.165) is 10.0 Å². The molecule has 0 aliphatic heterocycles. The van der Waals surface area contributed by atoms with Gasteiger partial charge in [0.1, 0.15) is 5.82 Å². The third kappa shape index (κ3) is 3.78. The van der Waals surface area contributed by atoms with Crippen molar-refractivity contribution < 1.29 is 13.5 Å². The van der Waals surface area contributed by atoms with Crippen LogP contribution in [-0.2, 0) is 6.42 Å². The molecule has 0 radical (unpaired) electrons. The maximum Gasteiger partial charge on any atom is 0.165 e. The van der Waals surface area contributed by atoms with Crippen molar-refractivity contribution in [2.75, 3.05) is 7.11 Å². The van der Waals surface area contributed by atoms with Gasteiger partial charge in [-0.05, 0) is 47.9 Å². The highest BCUT2D eigenvalue weighted by Gasteiger charge is 2.16. The summed E-state index contributed by atoms with van der Waals surface area (Å²) in [6.45, 7) is 0. The van der Waals surface area contributed by atoms with Crippen molar-refractivity contribution in [1.29, 1.82) is 0 Å². The molecule has 0 fully saturated rings. The Morgan fingerprint density at radius 3 is 2.62 bits per heavy atom. The summed E-state index contributed by atoms with van der Waals surface area (Å²) < 4.78 is 32.7. The van der Waals surface area contributed by atoms with Crippen molar-refractivity contribution >= 4 is 15.9 Å². The fourth-order valence-electron chi connectivity index (χ4n) is 2.11. The molecule has 0 saturated heterocycles. The van der Waals surface area contributed by atoms with Crippen LogP contribution in [0.5, 0.6) is 5.75 Å². The van der Waals surface area contributed by atoms with Gasteiger partial charge in [0.05, 0.1) is 13.2 Å². The van der Waals surface area contributed by atoms with Crippen molar-refractivity contribution in [1.82, 2.24) is 5.43 Å². The average Bonchev–Trinajstić information content (AvgIpc) is 2.47. The lowest BCUT2D eigenvalue weighted by Crippen LogP contribution is -2.30. The summed E-state index contributed by atoms with van der Waals surface area (Å²) >= 11 is 3.37. The van der Waals surface area contributed by atoms with Crippen molar-refractivity contribution in [3.63, 3.8) is 0 Å². The molecule has 0 heterocycles. The molecule has 0 aliphatic carbocycles. The van der Waals surface area contributed by atoms with Crippen molar-refractivity contribution in [3.8, 4) is 5.75 Å². The van der Waals surface area contributed by atoms with Gasteiger partial charge in [-0.2, -0.15) is 0 Å². The van der Waals surface area contributed by atoms with Crippen LogP contribution >= 0.6 is 15.9 Å². The van der Waals surface area contributed by atoms with Crippen LogP contribution in [-0.4, -0.2) is 7.11 Å². The maximum absolute atomic E-state index is 13.7. The van der Waals surface area contributed by atoms with Gasteiger partial charge in [-0.25, -0.2) is 8.78 Å². The van der Waals surface area contributed by atoms with E-state index in [2.05, 4.69) is 21.4 Å². The molecule has 112 valence electrons. The molecule has 2 aromatic rings. The van der Waals surface area contributed by atoms with Gasteiger partial charge in [-0.3, -0.25) is 11.3 Å². The van der Waals surface area contributed by atoms with E-state index in [1.165, 1.54) is 25.3 Å². The zero-order chi connectivity index (χ0) is 15.4. The van der Waals surface area contributed by atoms with E-state index in [9.17, 15) is 8.78 Å². The quantitative estimate of drug-likeness (QED) is 0.636. The van der Waals surface area contributed by atoms with E-state index in [1.807, 2.05) is 0 Å². The summed E-state index contributed by atoms with van der Waals surface area (Å²) in [5.41, 5.74) is 4.04.